The molecule has 0 saturated carbocycles. The Morgan fingerprint density at radius 1 is 1.26 bits per heavy atom. The minimum atomic E-state index is -0.340. The van der Waals surface area contributed by atoms with Crippen molar-refractivity contribution in [2.45, 2.75) is 13.5 Å². The summed E-state index contributed by atoms with van der Waals surface area (Å²) in [7, 11) is 0. The monoisotopic (exact) mass is 310 g/mol. The van der Waals surface area contributed by atoms with E-state index in [2.05, 4.69) is 15.5 Å². The largest absolute Gasteiger partial charge is 0.321 e. The van der Waals surface area contributed by atoms with Crippen LogP contribution in [0.5, 0.6) is 0 Å². The molecule has 116 valence electrons. The summed E-state index contributed by atoms with van der Waals surface area (Å²) < 4.78 is 14.9. The van der Waals surface area contributed by atoms with Crippen molar-refractivity contribution in [3.63, 3.8) is 0 Å². The highest BCUT2D eigenvalue weighted by molar-refractivity contribution is 5.99. The van der Waals surface area contributed by atoms with Gasteiger partial charge >= 0.3 is 0 Å². The number of nitrogens with one attached hydrogen (secondary N) is 1. The Kier molecular flexibility index (Phi) is 4.14. The first-order valence-corrected chi connectivity index (χ1v) is 7.12. The van der Waals surface area contributed by atoms with Crippen LogP contribution in [0.15, 0.2) is 60.0 Å². The molecule has 0 aliphatic rings. The van der Waals surface area contributed by atoms with Crippen LogP contribution in [-0.2, 0) is 11.3 Å². The third-order valence-corrected chi connectivity index (χ3v) is 3.43. The highest BCUT2D eigenvalue weighted by Crippen LogP contribution is 2.11. The van der Waals surface area contributed by atoms with Crippen molar-refractivity contribution >= 4 is 22.7 Å². The van der Waals surface area contributed by atoms with Crippen molar-refractivity contribution in [1.82, 2.24) is 15.0 Å². The van der Waals surface area contributed by atoms with Gasteiger partial charge < -0.3 is 4.57 Å². The highest BCUT2D eigenvalue weighted by Gasteiger charge is 2.06. The lowest BCUT2D eigenvalue weighted by Gasteiger charge is -2.05. The Morgan fingerprint density at radius 3 is 2.91 bits per heavy atom. The Morgan fingerprint density at radius 2 is 2.09 bits per heavy atom. The molecule has 0 spiro atoms. The topological polar surface area (TPSA) is 59.3 Å². The molecule has 3 aromatic rings. The van der Waals surface area contributed by atoms with Gasteiger partial charge in [0.25, 0.3) is 5.91 Å². The second kappa shape index (κ2) is 6.39. The predicted octanol–water partition coefficient (Wildman–Crippen LogP) is 2.72. The molecule has 0 radical (unpaired) electrons. The first-order valence-electron chi connectivity index (χ1n) is 7.12. The maximum atomic E-state index is 13.2. The van der Waals surface area contributed by atoms with E-state index in [1.165, 1.54) is 12.1 Å². The molecule has 23 heavy (non-hydrogen) atoms. The first kappa shape index (κ1) is 14.9. The lowest BCUT2D eigenvalue weighted by Crippen LogP contribution is -2.24. The highest BCUT2D eigenvalue weighted by atomic mass is 19.1. The van der Waals surface area contributed by atoms with Crippen molar-refractivity contribution in [3.05, 3.63) is 66.2 Å². The molecule has 5 nitrogen and oxygen atoms in total. The molecular weight excluding hydrogens is 295 g/mol. The second-order valence-corrected chi connectivity index (χ2v) is 5.10. The summed E-state index contributed by atoms with van der Waals surface area (Å²) in [5.41, 5.74) is 5.36. The lowest BCUT2D eigenvalue weighted by atomic mass is 10.1. The van der Waals surface area contributed by atoms with E-state index in [1.54, 1.807) is 30.0 Å². The standard InChI is InChI=1S/C17H15FN4O/c1-12(13-5-4-6-14(18)9-13)20-21-17(23)10-22-11-19-15-7-2-3-8-16(15)22/h2-9,11H,10H2,1H3,(H,21,23)/b20-12+. The van der Waals surface area contributed by atoms with Crippen LogP contribution in [0.1, 0.15) is 12.5 Å². The molecule has 0 unspecified atom stereocenters. The van der Waals surface area contributed by atoms with Gasteiger partial charge in [0.05, 0.1) is 23.1 Å². The van der Waals surface area contributed by atoms with Gasteiger partial charge in [0.2, 0.25) is 0 Å². The number of imidazole rings is 1. The molecule has 1 heterocycles. The summed E-state index contributed by atoms with van der Waals surface area (Å²) in [6.45, 7) is 1.82. The first-order chi connectivity index (χ1) is 11.1. The molecule has 1 N–H and O–H groups in total. The fraction of sp³-hybridized carbons (Fsp3) is 0.118. The smallest absolute Gasteiger partial charge is 0.260 e. The average molecular weight is 310 g/mol. The van der Waals surface area contributed by atoms with Gasteiger partial charge in [-0.3, -0.25) is 4.79 Å². The Balaban J connectivity index is 1.69. The third kappa shape index (κ3) is 3.42. The van der Waals surface area contributed by atoms with Crippen LogP contribution in [0.25, 0.3) is 11.0 Å². The number of hydrazone groups is 1. The van der Waals surface area contributed by atoms with Crippen molar-refractivity contribution in [2.75, 3.05) is 0 Å². The molecule has 1 amide bonds. The van der Waals surface area contributed by atoms with Crippen LogP contribution >= 0.6 is 0 Å². The summed E-state index contributed by atoms with van der Waals surface area (Å²) in [4.78, 5) is 16.2. The van der Waals surface area contributed by atoms with Crippen LogP contribution in [-0.4, -0.2) is 21.2 Å². The van der Waals surface area contributed by atoms with E-state index in [9.17, 15) is 9.18 Å². The zero-order valence-electron chi connectivity index (χ0n) is 12.5. The van der Waals surface area contributed by atoms with Gasteiger partial charge in [-0.15, -0.1) is 0 Å². The van der Waals surface area contributed by atoms with Crippen molar-refractivity contribution < 1.29 is 9.18 Å². The zero-order valence-corrected chi connectivity index (χ0v) is 12.5. The summed E-state index contributed by atoms with van der Waals surface area (Å²) >= 11 is 0. The molecule has 2 aromatic carbocycles. The minimum Gasteiger partial charge on any atom is -0.321 e. The van der Waals surface area contributed by atoms with Gasteiger partial charge in [-0.05, 0) is 31.2 Å². The van der Waals surface area contributed by atoms with E-state index in [0.717, 1.165) is 11.0 Å². The fourth-order valence-corrected chi connectivity index (χ4v) is 2.25. The van der Waals surface area contributed by atoms with E-state index >= 15 is 0 Å². The van der Waals surface area contributed by atoms with E-state index in [4.69, 9.17) is 0 Å². The van der Waals surface area contributed by atoms with Gasteiger partial charge in [0, 0.05) is 5.56 Å². The van der Waals surface area contributed by atoms with Crippen LogP contribution in [0.3, 0.4) is 0 Å². The number of para-hydroxylation sites is 2. The number of carbonyl (C=O) groups is 1. The SMILES string of the molecule is C/C(=N\NC(=O)Cn1cnc2ccccc21)c1cccc(F)c1. The van der Waals surface area contributed by atoms with E-state index < -0.39 is 0 Å². The number of halogens is 1. The zero-order chi connectivity index (χ0) is 16.2. The predicted molar refractivity (Wildman–Crippen MR) is 86.5 cm³/mol. The number of hydrogen-bond donors (Lipinski definition) is 1. The Labute approximate surface area is 132 Å². The van der Waals surface area contributed by atoms with Gasteiger partial charge in [0.1, 0.15) is 12.4 Å². The fourth-order valence-electron chi connectivity index (χ4n) is 2.25. The number of aromatic nitrogens is 2. The maximum Gasteiger partial charge on any atom is 0.260 e. The van der Waals surface area contributed by atoms with E-state index in [1.807, 2.05) is 24.3 Å². The van der Waals surface area contributed by atoms with Crippen LogP contribution in [0.4, 0.5) is 4.39 Å². The van der Waals surface area contributed by atoms with Crippen LogP contribution in [0.2, 0.25) is 0 Å². The molecule has 3 rings (SSSR count). The Hall–Kier alpha value is -3.02. The van der Waals surface area contributed by atoms with Gasteiger partial charge in [-0.2, -0.15) is 5.10 Å². The summed E-state index contributed by atoms with van der Waals surface area (Å²) in [5.74, 6) is -0.614. The summed E-state index contributed by atoms with van der Waals surface area (Å²) in [6.07, 6.45) is 1.62. The van der Waals surface area contributed by atoms with Gasteiger partial charge in [-0.1, -0.05) is 24.3 Å². The van der Waals surface area contributed by atoms with Crippen LogP contribution in [0, 0.1) is 5.82 Å². The van der Waals surface area contributed by atoms with Crippen molar-refractivity contribution in [3.8, 4) is 0 Å². The van der Waals surface area contributed by atoms with Gasteiger partial charge in [-0.25, -0.2) is 14.8 Å². The number of nitrogens with zero attached hydrogens (tertiary/aromatic N) is 3. The molecular formula is C17H15FN4O. The molecule has 0 aliphatic carbocycles. The second-order valence-electron chi connectivity index (χ2n) is 5.10. The normalized spacial score (nSPS) is 11.7. The molecule has 0 bridgehead atoms. The maximum absolute atomic E-state index is 13.2. The van der Waals surface area contributed by atoms with E-state index in [0.29, 0.717) is 11.3 Å². The minimum absolute atomic E-state index is 0.112. The molecule has 0 aliphatic heterocycles. The van der Waals surface area contributed by atoms with Crippen LogP contribution < -0.4 is 5.43 Å². The number of benzene rings is 2. The molecule has 0 fully saturated rings. The Bertz CT molecular complexity index is 885. The van der Waals surface area contributed by atoms with Gasteiger partial charge in [0.15, 0.2) is 0 Å². The summed E-state index contributed by atoms with van der Waals surface area (Å²) in [6, 6.07) is 13.6. The van der Waals surface area contributed by atoms with E-state index in [-0.39, 0.29) is 18.3 Å². The quantitative estimate of drug-likeness (QED) is 0.595. The number of fused-ring (bicyclic) bond motifs is 1. The molecule has 0 saturated heterocycles. The number of carbonyl (C=O) groups excluding carboxylic acids is 1. The molecule has 1 aromatic heterocycles. The number of rotatable bonds is 4. The average Bonchev–Trinajstić information content (AvgIpc) is 2.96. The summed E-state index contributed by atoms with van der Waals surface area (Å²) in [5, 5.41) is 4.01. The van der Waals surface area contributed by atoms with Crippen molar-refractivity contribution in [2.24, 2.45) is 5.10 Å². The third-order valence-electron chi connectivity index (χ3n) is 3.43. The molecule has 0 atom stereocenters. The number of hydrogen-bond acceptors (Lipinski definition) is 3. The number of amides is 1. The van der Waals surface area contributed by atoms with Crippen molar-refractivity contribution in [1.29, 1.82) is 0 Å². The lowest BCUT2D eigenvalue weighted by molar-refractivity contribution is -0.121. The molecule has 6 heteroatoms.